The third-order valence-corrected chi connectivity index (χ3v) is 9.30. The molecule has 0 N–H and O–H groups in total. The van der Waals surface area contributed by atoms with Gasteiger partial charge in [0.05, 0.1) is 0 Å². The summed E-state index contributed by atoms with van der Waals surface area (Å²) in [5.74, 6) is 0.816. The van der Waals surface area contributed by atoms with E-state index >= 15 is 0 Å². The molecule has 0 saturated carbocycles. The molecule has 288 valence electrons. The lowest BCUT2D eigenvalue weighted by atomic mass is 9.94. The van der Waals surface area contributed by atoms with Crippen molar-refractivity contribution < 1.29 is 6.22 Å². The van der Waals surface area contributed by atoms with Gasteiger partial charge in [0.15, 0.2) is 0 Å². The molecule has 0 aromatic carbocycles. The van der Waals surface area contributed by atoms with Crippen LogP contribution in [-0.2, 0) is 4.79 Å². The highest BCUT2D eigenvalue weighted by Gasteiger charge is 2.06. The predicted molar refractivity (Wildman–Crippen MR) is 224 cm³/mol. The van der Waals surface area contributed by atoms with Crippen LogP contribution in [0.15, 0.2) is 23.8 Å². The van der Waals surface area contributed by atoms with E-state index in [0.717, 1.165) is 5.92 Å². The fraction of sp³-hybridized carbons (Fsp3) is 0.889. The summed E-state index contributed by atoms with van der Waals surface area (Å²) in [5.41, 5.74) is 1.54. The molecule has 0 bridgehead atoms. The number of carbonyl (C=O) groups excluding carboxylic acids is 1. The lowest BCUT2D eigenvalue weighted by molar-refractivity contribution is -0.0980. The molecule has 2 nitrogen and oxygen atoms in total. The Bertz CT molecular complexity index is 590. The van der Waals surface area contributed by atoms with Crippen LogP contribution in [0.2, 0.25) is 0 Å². The molecular weight excluding hydrogens is 571 g/mol. The van der Waals surface area contributed by atoms with Crippen molar-refractivity contribution in [2.45, 2.75) is 237 Å². The monoisotopic (exact) mass is 668 g/mol. The molecule has 0 aromatic rings. The Kier molecular flexibility index (Phi) is 58.5. The number of nitrogens with zero attached hydrogens (tertiary/aromatic N) is 1. The molecule has 0 amide bonds. The number of rotatable bonds is 34. The zero-order chi connectivity index (χ0) is 32.8. The van der Waals surface area contributed by atoms with Gasteiger partial charge in [0.2, 0.25) is 0 Å². The summed E-state index contributed by atoms with van der Waals surface area (Å²) in [5, 5.41) is 0. The third kappa shape index (κ3) is 45.1. The van der Waals surface area contributed by atoms with Gasteiger partial charge in [-0.25, -0.2) is 0 Å². The first-order valence-electron chi connectivity index (χ1n) is 20.0. The van der Waals surface area contributed by atoms with Crippen molar-refractivity contribution in [2.24, 2.45) is 5.92 Å². The van der Waals surface area contributed by atoms with E-state index in [4.69, 9.17) is 4.79 Å². The highest BCUT2D eigenvalue weighted by Crippen LogP contribution is 2.20. The number of unbranched alkanes of at least 4 members (excludes halogenated alkanes) is 22. The molecule has 0 aromatic heterocycles. The fourth-order valence-corrected chi connectivity index (χ4v) is 6.43. The Morgan fingerprint density at radius 3 is 1.34 bits per heavy atom. The Balaban J connectivity index is -0.000000720. The Labute approximate surface area is 303 Å². The maximum absolute atomic E-state index is 8.00. The number of carbonyl (C=O) groups is 1. The van der Waals surface area contributed by atoms with Crippen LogP contribution in [0.25, 0.3) is 0 Å². The SMILES string of the molecule is C.C.C.C/C=C(\C=C/CCCCC)CC(C)CCCCCCCN(CCC)CCCCCCCCCCCCCCCCCC.C=O.[HH]. The van der Waals surface area contributed by atoms with Crippen LogP contribution >= 0.6 is 0 Å². The van der Waals surface area contributed by atoms with Crippen LogP contribution in [0, 0.1) is 5.92 Å². The van der Waals surface area contributed by atoms with Gasteiger partial charge in [0, 0.05) is 1.43 Å². The van der Waals surface area contributed by atoms with E-state index in [1.807, 2.05) is 6.79 Å². The standard InChI is InChI=1S/C41H81N.CH2O.3CH4.H2/c1-6-10-12-14-15-16-17-18-19-20-21-22-23-24-28-32-37-42(36-8-3)38-33-29-25-27-30-34-40(5)39-41(9-4)35-31-26-13-11-7-2;1-2;;;;/h9,31,35,40H,6-8,10-30,32-34,36-39H2,1-5H3;1H2;3*1H4;1H/b35-31-,41-9+;;;;;. The molecule has 2 heteroatoms. The minimum absolute atomic E-state index is 0. The van der Waals surface area contributed by atoms with Gasteiger partial charge in [-0.1, -0.05) is 215 Å². The van der Waals surface area contributed by atoms with Crippen LogP contribution in [0.3, 0.4) is 0 Å². The van der Waals surface area contributed by atoms with Gasteiger partial charge in [0.1, 0.15) is 6.79 Å². The summed E-state index contributed by atoms with van der Waals surface area (Å²) < 4.78 is 0. The molecule has 0 fully saturated rings. The van der Waals surface area contributed by atoms with Gasteiger partial charge in [-0.05, 0) is 71.0 Å². The molecule has 47 heavy (non-hydrogen) atoms. The fourth-order valence-electron chi connectivity index (χ4n) is 6.43. The maximum Gasteiger partial charge on any atom is 0.106 e. The zero-order valence-corrected chi connectivity index (χ0v) is 31.3. The summed E-state index contributed by atoms with van der Waals surface area (Å²) in [6.45, 7) is 17.6. The van der Waals surface area contributed by atoms with Crippen LogP contribution in [-0.4, -0.2) is 31.3 Å². The number of hydrogen-bond donors (Lipinski definition) is 0. The number of hydrogen-bond acceptors (Lipinski definition) is 2. The second-order valence-electron chi connectivity index (χ2n) is 13.8. The van der Waals surface area contributed by atoms with Crippen LogP contribution in [0.1, 0.15) is 238 Å². The van der Waals surface area contributed by atoms with Crippen LogP contribution < -0.4 is 0 Å². The van der Waals surface area contributed by atoms with Gasteiger partial charge in [-0.3, -0.25) is 0 Å². The van der Waals surface area contributed by atoms with Gasteiger partial charge in [0.25, 0.3) is 0 Å². The molecule has 0 radical (unpaired) electrons. The van der Waals surface area contributed by atoms with E-state index in [1.54, 1.807) is 5.57 Å². The van der Waals surface area contributed by atoms with Crippen molar-refractivity contribution in [3.63, 3.8) is 0 Å². The molecule has 0 aliphatic heterocycles. The van der Waals surface area contributed by atoms with Crippen molar-refractivity contribution in [2.75, 3.05) is 19.6 Å². The van der Waals surface area contributed by atoms with Gasteiger partial charge >= 0.3 is 0 Å². The topological polar surface area (TPSA) is 20.3 Å². The summed E-state index contributed by atoms with van der Waals surface area (Å²) in [6, 6.07) is 0. The van der Waals surface area contributed by atoms with Crippen LogP contribution in [0.5, 0.6) is 0 Å². The molecule has 0 rings (SSSR count). The summed E-state index contributed by atoms with van der Waals surface area (Å²) in [6.07, 6.45) is 46.8. The van der Waals surface area contributed by atoms with Crippen molar-refractivity contribution in [3.05, 3.63) is 23.8 Å². The highest BCUT2D eigenvalue weighted by atomic mass is 16.1. The minimum atomic E-state index is 0. The first-order valence-corrected chi connectivity index (χ1v) is 20.0. The van der Waals surface area contributed by atoms with E-state index < -0.39 is 0 Å². The maximum atomic E-state index is 8.00. The van der Waals surface area contributed by atoms with Crippen molar-refractivity contribution in [1.82, 2.24) is 4.90 Å². The van der Waals surface area contributed by atoms with E-state index in [2.05, 4.69) is 57.7 Å². The molecule has 0 heterocycles. The summed E-state index contributed by atoms with van der Waals surface area (Å²) in [4.78, 5) is 10.8. The summed E-state index contributed by atoms with van der Waals surface area (Å²) in [7, 11) is 0. The quantitative estimate of drug-likeness (QED) is 0.0503. The third-order valence-electron chi connectivity index (χ3n) is 9.30. The van der Waals surface area contributed by atoms with E-state index in [1.165, 1.54) is 199 Å². The summed E-state index contributed by atoms with van der Waals surface area (Å²) >= 11 is 0. The first-order chi connectivity index (χ1) is 21.7. The largest absolute Gasteiger partial charge is 0.307 e. The predicted octanol–water partition coefficient (Wildman–Crippen LogP) is 16.4. The highest BCUT2D eigenvalue weighted by molar-refractivity contribution is 5.18. The average Bonchev–Trinajstić information content (AvgIpc) is 3.04. The Morgan fingerprint density at radius 2 is 0.936 bits per heavy atom. The molecule has 1 unspecified atom stereocenters. The van der Waals surface area contributed by atoms with Crippen molar-refractivity contribution in [3.8, 4) is 0 Å². The van der Waals surface area contributed by atoms with Gasteiger partial charge < -0.3 is 9.69 Å². The molecule has 0 saturated heterocycles. The van der Waals surface area contributed by atoms with E-state index in [-0.39, 0.29) is 23.7 Å². The molecule has 0 aliphatic rings. The van der Waals surface area contributed by atoms with E-state index in [0.29, 0.717) is 0 Å². The number of allylic oxidation sites excluding steroid dienone is 4. The first kappa shape index (κ1) is 55.5. The minimum Gasteiger partial charge on any atom is -0.307 e. The second-order valence-corrected chi connectivity index (χ2v) is 13.8. The average molecular weight is 668 g/mol. The zero-order valence-electron chi connectivity index (χ0n) is 31.3. The van der Waals surface area contributed by atoms with Crippen LogP contribution in [0.4, 0.5) is 0 Å². The second kappa shape index (κ2) is 49.5. The van der Waals surface area contributed by atoms with E-state index in [9.17, 15) is 0 Å². The molecule has 0 spiro atoms. The molecule has 1 atom stereocenters. The lowest BCUT2D eigenvalue weighted by Gasteiger charge is -2.21. The normalized spacial score (nSPS) is 11.8. The van der Waals surface area contributed by atoms with Crippen molar-refractivity contribution >= 4 is 6.79 Å². The van der Waals surface area contributed by atoms with Crippen molar-refractivity contribution in [1.29, 1.82) is 0 Å². The molecule has 0 aliphatic carbocycles. The van der Waals surface area contributed by atoms with Gasteiger partial charge in [-0.2, -0.15) is 0 Å². The molecular formula is C45H97NO. The Hall–Kier alpha value is -0.890. The smallest absolute Gasteiger partial charge is 0.106 e. The van der Waals surface area contributed by atoms with Gasteiger partial charge in [-0.15, -0.1) is 0 Å². The lowest BCUT2D eigenvalue weighted by Crippen LogP contribution is -2.27. The Morgan fingerprint density at radius 1 is 0.553 bits per heavy atom.